The van der Waals surface area contributed by atoms with Gasteiger partial charge in [0.1, 0.15) is 16.4 Å². The summed E-state index contributed by atoms with van der Waals surface area (Å²) in [6.45, 7) is 0. The van der Waals surface area contributed by atoms with Crippen molar-refractivity contribution in [2.24, 2.45) is 4.99 Å². The van der Waals surface area contributed by atoms with Crippen LogP contribution in [0, 0.1) is 10.6 Å². The van der Waals surface area contributed by atoms with Crippen LogP contribution in [0.15, 0.2) is 34.1 Å². The fraction of sp³-hybridized carbons (Fsp3) is 0.238. The largest absolute Gasteiger partial charge is 0.494 e. The van der Waals surface area contributed by atoms with E-state index in [4.69, 9.17) is 17.0 Å². The van der Waals surface area contributed by atoms with E-state index in [0.29, 0.717) is 16.3 Å². The average molecular weight is 460 g/mol. The number of carbonyl (C=O) groups excluding carboxylic acids is 1. The van der Waals surface area contributed by atoms with Gasteiger partial charge in [0.2, 0.25) is 5.88 Å². The third-order valence-corrected chi connectivity index (χ3v) is 6.54. The number of ether oxygens (including phenoxy) is 1. The summed E-state index contributed by atoms with van der Waals surface area (Å²) >= 11 is 6.54. The van der Waals surface area contributed by atoms with Gasteiger partial charge in [0.15, 0.2) is 4.77 Å². The Morgan fingerprint density at radius 1 is 1.32 bits per heavy atom. The van der Waals surface area contributed by atoms with E-state index in [-0.39, 0.29) is 10.3 Å². The van der Waals surface area contributed by atoms with Crippen molar-refractivity contribution in [2.45, 2.75) is 25.7 Å². The maximum absolute atomic E-state index is 13.3. The SMILES string of the molecule is COC(=O)c1c(N=Cc2c(O)n(-c3ccc(F)cc3)c(=S)[nH]c2=O)sc2c1CCCC2. The topological polar surface area (TPSA) is 96.7 Å². The number of fused-ring (bicyclic) bond motifs is 1. The molecule has 0 saturated carbocycles. The fourth-order valence-corrected chi connectivity index (χ4v) is 5.07. The maximum atomic E-state index is 13.3. The molecule has 0 unspecified atom stereocenters. The highest BCUT2D eigenvalue weighted by molar-refractivity contribution is 7.71. The molecule has 4 rings (SSSR count). The van der Waals surface area contributed by atoms with Crippen molar-refractivity contribution < 1.29 is 19.0 Å². The molecule has 2 heterocycles. The summed E-state index contributed by atoms with van der Waals surface area (Å²) in [5.41, 5.74) is 0.943. The van der Waals surface area contributed by atoms with Crippen molar-refractivity contribution in [3.05, 3.63) is 66.8 Å². The number of aromatic hydroxyl groups is 1. The Morgan fingerprint density at radius 2 is 2.03 bits per heavy atom. The van der Waals surface area contributed by atoms with Crippen molar-refractivity contribution >= 4 is 40.7 Å². The van der Waals surface area contributed by atoms with Crippen LogP contribution in [0.4, 0.5) is 9.39 Å². The highest BCUT2D eigenvalue weighted by Gasteiger charge is 2.26. The number of aromatic nitrogens is 2. The van der Waals surface area contributed by atoms with Gasteiger partial charge in [-0.05, 0) is 67.7 Å². The fourth-order valence-electron chi connectivity index (χ4n) is 3.56. The number of hydrogen-bond acceptors (Lipinski definition) is 7. The molecule has 0 saturated heterocycles. The van der Waals surface area contributed by atoms with Gasteiger partial charge in [-0.15, -0.1) is 11.3 Å². The van der Waals surface area contributed by atoms with Crippen LogP contribution in [0.3, 0.4) is 0 Å². The number of benzene rings is 1. The van der Waals surface area contributed by atoms with Crippen LogP contribution in [0.1, 0.15) is 39.2 Å². The summed E-state index contributed by atoms with van der Waals surface area (Å²) < 4.78 is 19.4. The summed E-state index contributed by atoms with van der Waals surface area (Å²) in [5.74, 6) is -1.37. The number of nitrogens with zero attached hydrogens (tertiary/aromatic N) is 2. The first kappa shape index (κ1) is 21.1. The van der Waals surface area contributed by atoms with Crippen LogP contribution in [-0.4, -0.2) is 34.0 Å². The molecule has 0 amide bonds. The molecular weight excluding hydrogens is 441 g/mol. The summed E-state index contributed by atoms with van der Waals surface area (Å²) in [4.78, 5) is 32.7. The van der Waals surface area contributed by atoms with Crippen LogP contribution >= 0.6 is 23.6 Å². The summed E-state index contributed by atoms with van der Waals surface area (Å²) in [7, 11) is 1.31. The Kier molecular flexibility index (Phi) is 5.84. The van der Waals surface area contributed by atoms with E-state index < -0.39 is 23.2 Å². The number of halogens is 1. The summed E-state index contributed by atoms with van der Waals surface area (Å²) in [6, 6.07) is 5.28. The molecule has 7 nitrogen and oxygen atoms in total. The van der Waals surface area contributed by atoms with E-state index in [1.165, 1.54) is 53.5 Å². The highest BCUT2D eigenvalue weighted by atomic mass is 32.1. The van der Waals surface area contributed by atoms with Gasteiger partial charge in [-0.1, -0.05) is 0 Å². The van der Waals surface area contributed by atoms with Crippen molar-refractivity contribution in [3.63, 3.8) is 0 Å². The number of carbonyl (C=O) groups is 1. The molecule has 0 atom stereocenters. The molecule has 10 heteroatoms. The molecule has 1 aliphatic rings. The van der Waals surface area contributed by atoms with Crippen molar-refractivity contribution in [3.8, 4) is 11.6 Å². The number of H-pyrrole nitrogens is 1. The Hall–Kier alpha value is -3.11. The second-order valence-corrected chi connectivity index (χ2v) is 8.42. The van der Waals surface area contributed by atoms with Gasteiger partial charge in [0.25, 0.3) is 5.56 Å². The Bertz CT molecular complexity index is 1310. The summed E-state index contributed by atoms with van der Waals surface area (Å²) in [6.07, 6.45) is 4.85. The molecule has 3 aromatic rings. The molecule has 160 valence electrons. The molecule has 0 bridgehead atoms. The molecule has 0 spiro atoms. The Labute approximate surface area is 185 Å². The molecule has 0 aliphatic heterocycles. The molecule has 2 aromatic heterocycles. The van der Waals surface area contributed by atoms with Crippen molar-refractivity contribution in [2.75, 3.05) is 7.11 Å². The predicted molar refractivity (Wildman–Crippen MR) is 118 cm³/mol. The lowest BCUT2D eigenvalue weighted by Gasteiger charge is -2.11. The molecule has 1 aliphatic carbocycles. The van der Waals surface area contributed by atoms with Crippen LogP contribution < -0.4 is 5.56 Å². The number of methoxy groups -OCH3 is 1. The number of aliphatic imine (C=N–C) groups is 1. The van der Waals surface area contributed by atoms with Crippen molar-refractivity contribution in [1.29, 1.82) is 0 Å². The van der Waals surface area contributed by atoms with Gasteiger partial charge in [-0.25, -0.2) is 14.2 Å². The lowest BCUT2D eigenvalue weighted by molar-refractivity contribution is 0.0601. The highest BCUT2D eigenvalue weighted by Crippen LogP contribution is 2.40. The lowest BCUT2D eigenvalue weighted by atomic mass is 9.95. The lowest BCUT2D eigenvalue weighted by Crippen LogP contribution is -2.18. The zero-order chi connectivity index (χ0) is 22.1. The second-order valence-electron chi connectivity index (χ2n) is 6.95. The van der Waals surface area contributed by atoms with E-state index in [2.05, 4.69) is 9.98 Å². The zero-order valence-electron chi connectivity index (χ0n) is 16.5. The van der Waals surface area contributed by atoms with Gasteiger partial charge < -0.3 is 9.84 Å². The smallest absolute Gasteiger partial charge is 0.341 e. The van der Waals surface area contributed by atoms with Crippen LogP contribution in [0.25, 0.3) is 5.69 Å². The third kappa shape index (κ3) is 3.96. The summed E-state index contributed by atoms with van der Waals surface area (Å²) in [5, 5.41) is 11.2. The predicted octanol–water partition coefficient (Wildman–Crippen LogP) is 4.22. The van der Waals surface area contributed by atoms with Gasteiger partial charge in [-0.3, -0.25) is 14.3 Å². The van der Waals surface area contributed by atoms with E-state index >= 15 is 0 Å². The molecule has 31 heavy (non-hydrogen) atoms. The van der Waals surface area contributed by atoms with E-state index in [0.717, 1.165) is 36.1 Å². The average Bonchev–Trinajstić information content (AvgIpc) is 3.12. The molecule has 0 radical (unpaired) electrons. The second kappa shape index (κ2) is 8.56. The minimum absolute atomic E-state index is 0.0481. The molecule has 1 aromatic carbocycles. The first-order chi connectivity index (χ1) is 14.9. The third-order valence-electron chi connectivity index (χ3n) is 5.06. The van der Waals surface area contributed by atoms with E-state index in [1.54, 1.807) is 0 Å². The number of hydrogen-bond donors (Lipinski definition) is 2. The van der Waals surface area contributed by atoms with E-state index in [1.807, 2.05) is 0 Å². The number of esters is 1. The van der Waals surface area contributed by atoms with Crippen molar-refractivity contribution in [1.82, 2.24) is 9.55 Å². The molecule has 0 fully saturated rings. The zero-order valence-corrected chi connectivity index (χ0v) is 18.1. The standard InChI is InChI=1S/C21H18FN3O4S2/c1-29-20(28)16-13-4-2-3-5-15(13)31-18(16)23-10-14-17(26)24-21(30)25(19(14)27)12-8-6-11(22)7-9-12/h6-10,27H,2-5H2,1H3,(H,24,26,30). The Morgan fingerprint density at radius 3 is 2.74 bits per heavy atom. The van der Waals surface area contributed by atoms with Gasteiger partial charge in [0.05, 0.1) is 18.4 Å². The first-order valence-electron chi connectivity index (χ1n) is 9.52. The minimum Gasteiger partial charge on any atom is -0.494 e. The number of thiophene rings is 1. The maximum Gasteiger partial charge on any atom is 0.341 e. The van der Waals surface area contributed by atoms with Gasteiger partial charge in [-0.2, -0.15) is 0 Å². The van der Waals surface area contributed by atoms with Crippen LogP contribution in [0.5, 0.6) is 5.88 Å². The number of aryl methyl sites for hydroxylation is 1. The molecule has 2 N–H and O–H groups in total. The number of nitrogens with one attached hydrogen (secondary N) is 1. The van der Waals surface area contributed by atoms with Crippen LogP contribution in [-0.2, 0) is 17.6 Å². The monoisotopic (exact) mass is 459 g/mol. The normalized spacial score (nSPS) is 13.4. The Balaban J connectivity index is 1.82. The van der Waals surface area contributed by atoms with Gasteiger partial charge in [0, 0.05) is 11.1 Å². The van der Waals surface area contributed by atoms with Crippen LogP contribution in [0.2, 0.25) is 0 Å². The van der Waals surface area contributed by atoms with Gasteiger partial charge >= 0.3 is 5.97 Å². The number of rotatable bonds is 4. The number of aromatic amines is 1. The molecular formula is C21H18FN3O4S2. The quantitative estimate of drug-likeness (QED) is 0.346. The first-order valence-corrected chi connectivity index (χ1v) is 10.7. The van der Waals surface area contributed by atoms with E-state index in [9.17, 15) is 19.1 Å². The minimum atomic E-state index is -0.634.